The lowest BCUT2D eigenvalue weighted by Crippen LogP contribution is -2.51. The maximum absolute atomic E-state index is 12.2. The van der Waals surface area contributed by atoms with Gasteiger partial charge < -0.3 is 10.4 Å². The lowest BCUT2D eigenvalue weighted by Gasteiger charge is -2.33. The Bertz CT molecular complexity index is 246. The van der Waals surface area contributed by atoms with Gasteiger partial charge in [-0.2, -0.15) is 0 Å². The predicted octanol–water partition coefficient (Wildman–Crippen LogP) is 2.23. The largest absolute Gasteiger partial charge is 0.396 e. The van der Waals surface area contributed by atoms with Crippen LogP contribution >= 0.6 is 0 Å². The van der Waals surface area contributed by atoms with Crippen molar-refractivity contribution in [2.24, 2.45) is 5.41 Å². The molecule has 1 saturated carbocycles. The van der Waals surface area contributed by atoms with Crippen LogP contribution in [-0.2, 0) is 4.79 Å². The number of amides is 1. The van der Waals surface area contributed by atoms with Crippen molar-refractivity contribution in [3.8, 4) is 0 Å². The first-order valence-electron chi connectivity index (χ1n) is 6.39. The number of hydrogen-bond donors (Lipinski definition) is 2. The topological polar surface area (TPSA) is 49.3 Å². The van der Waals surface area contributed by atoms with E-state index < -0.39 is 0 Å². The third-order valence-corrected chi connectivity index (χ3v) is 4.11. The first-order valence-corrected chi connectivity index (χ1v) is 6.39. The van der Waals surface area contributed by atoms with E-state index in [1.54, 1.807) is 0 Å². The second-order valence-electron chi connectivity index (χ2n) is 5.61. The third-order valence-electron chi connectivity index (χ3n) is 4.11. The average Bonchev–Trinajstić information content (AvgIpc) is 2.67. The maximum Gasteiger partial charge on any atom is 0.226 e. The molecule has 0 spiro atoms. The summed E-state index contributed by atoms with van der Waals surface area (Å²) in [5.41, 5.74) is -0.427. The molecule has 3 heteroatoms. The number of nitrogens with one attached hydrogen (secondary N) is 1. The standard InChI is InChI=1S/C13H25NO2/c1-4-13(3,9-10-15)14-11(16)12(2)7-5-6-8-12/h15H,4-10H2,1-3H3,(H,14,16). The van der Waals surface area contributed by atoms with Crippen LogP contribution in [0, 0.1) is 5.41 Å². The molecular formula is C13H25NO2. The van der Waals surface area contributed by atoms with Gasteiger partial charge in [-0.1, -0.05) is 26.7 Å². The van der Waals surface area contributed by atoms with Gasteiger partial charge in [0.2, 0.25) is 5.91 Å². The lowest BCUT2D eigenvalue weighted by molar-refractivity contribution is -0.132. The summed E-state index contributed by atoms with van der Waals surface area (Å²) < 4.78 is 0. The van der Waals surface area contributed by atoms with Crippen LogP contribution in [0.2, 0.25) is 0 Å². The summed E-state index contributed by atoms with van der Waals surface area (Å²) in [4.78, 5) is 12.2. The van der Waals surface area contributed by atoms with E-state index in [9.17, 15) is 4.79 Å². The number of carbonyl (C=O) groups is 1. The maximum atomic E-state index is 12.2. The van der Waals surface area contributed by atoms with Crippen molar-refractivity contribution < 1.29 is 9.90 Å². The van der Waals surface area contributed by atoms with Crippen LogP contribution in [0.3, 0.4) is 0 Å². The molecule has 0 aromatic rings. The van der Waals surface area contributed by atoms with Crippen molar-refractivity contribution in [3.05, 3.63) is 0 Å². The monoisotopic (exact) mass is 227 g/mol. The van der Waals surface area contributed by atoms with Crippen molar-refractivity contribution in [3.63, 3.8) is 0 Å². The zero-order chi connectivity index (χ0) is 12.2. The molecule has 0 saturated heterocycles. The van der Waals surface area contributed by atoms with Crippen LogP contribution in [0.1, 0.15) is 59.3 Å². The normalized spacial score (nSPS) is 22.8. The molecular weight excluding hydrogens is 202 g/mol. The molecule has 1 unspecified atom stereocenters. The van der Waals surface area contributed by atoms with Crippen molar-refractivity contribution in [1.82, 2.24) is 5.32 Å². The predicted molar refractivity (Wildman–Crippen MR) is 65.1 cm³/mol. The molecule has 0 aromatic heterocycles. The molecule has 3 nitrogen and oxygen atoms in total. The summed E-state index contributed by atoms with van der Waals surface area (Å²) >= 11 is 0. The molecule has 16 heavy (non-hydrogen) atoms. The number of aliphatic hydroxyl groups excluding tert-OH is 1. The molecule has 0 radical (unpaired) electrons. The van der Waals surface area contributed by atoms with Crippen molar-refractivity contribution in [1.29, 1.82) is 0 Å². The van der Waals surface area contributed by atoms with E-state index >= 15 is 0 Å². The second-order valence-corrected chi connectivity index (χ2v) is 5.61. The van der Waals surface area contributed by atoms with Crippen LogP contribution in [-0.4, -0.2) is 23.2 Å². The Kier molecular flexibility index (Phi) is 4.36. The minimum Gasteiger partial charge on any atom is -0.396 e. The molecule has 1 aliphatic carbocycles. The summed E-state index contributed by atoms with van der Waals surface area (Å²) in [7, 11) is 0. The summed E-state index contributed by atoms with van der Waals surface area (Å²) in [6.07, 6.45) is 5.80. The van der Waals surface area contributed by atoms with Crippen LogP contribution in [0.15, 0.2) is 0 Å². The Morgan fingerprint density at radius 1 is 1.44 bits per heavy atom. The van der Waals surface area contributed by atoms with Gasteiger partial charge in [-0.25, -0.2) is 0 Å². The van der Waals surface area contributed by atoms with E-state index in [4.69, 9.17) is 5.11 Å². The Balaban J connectivity index is 2.61. The molecule has 0 aromatic carbocycles. The Hall–Kier alpha value is -0.570. The van der Waals surface area contributed by atoms with E-state index in [1.165, 1.54) is 0 Å². The van der Waals surface area contributed by atoms with Gasteiger partial charge >= 0.3 is 0 Å². The van der Waals surface area contributed by atoms with Crippen LogP contribution in [0.4, 0.5) is 0 Å². The summed E-state index contributed by atoms with van der Waals surface area (Å²) in [6, 6.07) is 0. The molecule has 1 aliphatic rings. The first kappa shape index (κ1) is 13.5. The Labute approximate surface area is 98.6 Å². The van der Waals surface area contributed by atoms with E-state index in [0.717, 1.165) is 32.1 Å². The molecule has 1 rings (SSSR count). The molecule has 0 bridgehead atoms. The van der Waals surface area contributed by atoms with Crippen molar-refractivity contribution in [2.45, 2.75) is 64.8 Å². The van der Waals surface area contributed by atoms with Gasteiger partial charge in [0.15, 0.2) is 0 Å². The van der Waals surface area contributed by atoms with Gasteiger partial charge in [-0.3, -0.25) is 4.79 Å². The van der Waals surface area contributed by atoms with E-state index in [1.807, 2.05) is 13.8 Å². The zero-order valence-corrected chi connectivity index (χ0v) is 10.8. The summed E-state index contributed by atoms with van der Waals surface area (Å²) in [6.45, 7) is 6.25. The minimum atomic E-state index is -0.253. The zero-order valence-electron chi connectivity index (χ0n) is 10.8. The number of hydrogen-bond acceptors (Lipinski definition) is 2. The first-order chi connectivity index (χ1) is 7.46. The van der Waals surface area contributed by atoms with Crippen molar-refractivity contribution >= 4 is 5.91 Å². The van der Waals surface area contributed by atoms with Crippen LogP contribution in [0.5, 0.6) is 0 Å². The molecule has 1 amide bonds. The summed E-state index contributed by atoms with van der Waals surface area (Å²) in [5, 5.41) is 12.2. The molecule has 0 aliphatic heterocycles. The molecule has 0 heterocycles. The number of aliphatic hydroxyl groups is 1. The fourth-order valence-corrected chi connectivity index (χ4v) is 2.38. The lowest BCUT2D eigenvalue weighted by atomic mass is 9.85. The van der Waals surface area contributed by atoms with E-state index in [0.29, 0.717) is 6.42 Å². The number of carbonyl (C=O) groups excluding carboxylic acids is 1. The van der Waals surface area contributed by atoms with Crippen LogP contribution < -0.4 is 5.32 Å². The SMILES string of the molecule is CCC(C)(CCO)NC(=O)C1(C)CCCC1. The third kappa shape index (κ3) is 2.97. The fraction of sp³-hybridized carbons (Fsp3) is 0.923. The number of rotatable bonds is 5. The van der Waals surface area contributed by atoms with Gasteiger partial charge in [-0.15, -0.1) is 0 Å². The van der Waals surface area contributed by atoms with Crippen molar-refractivity contribution in [2.75, 3.05) is 6.61 Å². The van der Waals surface area contributed by atoms with E-state index in [-0.39, 0.29) is 23.5 Å². The Morgan fingerprint density at radius 3 is 2.44 bits per heavy atom. The highest BCUT2D eigenvalue weighted by Gasteiger charge is 2.38. The van der Waals surface area contributed by atoms with Gasteiger partial charge in [-0.05, 0) is 32.6 Å². The fourth-order valence-electron chi connectivity index (χ4n) is 2.38. The Morgan fingerprint density at radius 2 is 2.00 bits per heavy atom. The molecule has 1 fully saturated rings. The highest BCUT2D eigenvalue weighted by atomic mass is 16.3. The van der Waals surface area contributed by atoms with E-state index in [2.05, 4.69) is 12.2 Å². The molecule has 2 N–H and O–H groups in total. The average molecular weight is 227 g/mol. The highest BCUT2D eigenvalue weighted by Crippen LogP contribution is 2.38. The van der Waals surface area contributed by atoms with Gasteiger partial charge in [0, 0.05) is 17.6 Å². The summed E-state index contributed by atoms with van der Waals surface area (Å²) in [5.74, 6) is 0.169. The minimum absolute atomic E-state index is 0.126. The highest BCUT2D eigenvalue weighted by molar-refractivity contribution is 5.83. The van der Waals surface area contributed by atoms with Gasteiger partial charge in [0.1, 0.15) is 0 Å². The molecule has 94 valence electrons. The van der Waals surface area contributed by atoms with Gasteiger partial charge in [0.25, 0.3) is 0 Å². The quantitative estimate of drug-likeness (QED) is 0.756. The van der Waals surface area contributed by atoms with Gasteiger partial charge in [0.05, 0.1) is 0 Å². The smallest absolute Gasteiger partial charge is 0.226 e. The molecule has 1 atom stereocenters. The second kappa shape index (κ2) is 5.17. The van der Waals surface area contributed by atoms with Crippen LogP contribution in [0.25, 0.3) is 0 Å².